The first-order chi connectivity index (χ1) is 19.0. The van der Waals surface area contributed by atoms with Gasteiger partial charge in [0.25, 0.3) is 5.91 Å². The summed E-state index contributed by atoms with van der Waals surface area (Å²) in [6, 6.07) is 19.5. The average Bonchev–Trinajstić information content (AvgIpc) is 3.30. The van der Waals surface area contributed by atoms with Crippen LogP contribution in [-0.4, -0.2) is 43.2 Å². The number of nitrogens with one attached hydrogen (secondary N) is 1. The Labute approximate surface area is 238 Å². The van der Waals surface area contributed by atoms with Crippen molar-refractivity contribution >= 4 is 40.3 Å². The molecule has 5 rings (SSSR count). The van der Waals surface area contributed by atoms with Gasteiger partial charge >= 0.3 is 0 Å². The SMILES string of the molecule is NNC(=O)c1ccc2c(c1)CCCC(c1ccc(Cl)cc1Cl)=C2c1ccc(OC2CCN(CCCF)C2)cc1. The normalized spacial score (nSPS) is 17.6. The minimum atomic E-state index is -0.315. The van der Waals surface area contributed by atoms with E-state index in [4.69, 9.17) is 33.8 Å². The highest BCUT2D eigenvalue weighted by Gasteiger charge is 2.25. The van der Waals surface area contributed by atoms with E-state index in [2.05, 4.69) is 22.5 Å². The zero-order valence-corrected chi connectivity index (χ0v) is 23.2. The van der Waals surface area contributed by atoms with Gasteiger partial charge in [-0.05, 0) is 102 Å². The Kier molecular flexibility index (Phi) is 8.88. The van der Waals surface area contributed by atoms with Crippen LogP contribution in [-0.2, 0) is 6.42 Å². The molecule has 0 radical (unpaired) electrons. The molecular weight excluding hydrogens is 536 g/mol. The topological polar surface area (TPSA) is 67.6 Å². The van der Waals surface area contributed by atoms with E-state index in [-0.39, 0.29) is 18.7 Å². The molecule has 1 aliphatic heterocycles. The van der Waals surface area contributed by atoms with E-state index < -0.39 is 0 Å². The number of fused-ring (bicyclic) bond motifs is 1. The number of ether oxygens (including phenoxy) is 1. The Bertz CT molecular complexity index is 1380. The van der Waals surface area contributed by atoms with Gasteiger partial charge in [-0.2, -0.15) is 0 Å². The number of nitrogens with zero attached hydrogens (tertiary/aromatic N) is 1. The van der Waals surface area contributed by atoms with Crippen molar-refractivity contribution in [2.24, 2.45) is 5.84 Å². The fraction of sp³-hybridized carbons (Fsp3) is 0.323. The number of benzene rings is 3. The summed E-state index contributed by atoms with van der Waals surface area (Å²) in [5, 5.41) is 1.20. The maximum Gasteiger partial charge on any atom is 0.265 e. The van der Waals surface area contributed by atoms with Crippen molar-refractivity contribution < 1.29 is 13.9 Å². The zero-order chi connectivity index (χ0) is 27.4. The molecule has 5 nitrogen and oxygen atoms in total. The van der Waals surface area contributed by atoms with E-state index in [0.29, 0.717) is 22.0 Å². The summed E-state index contributed by atoms with van der Waals surface area (Å²) in [4.78, 5) is 14.5. The number of alkyl halides is 1. The van der Waals surface area contributed by atoms with Gasteiger partial charge in [0, 0.05) is 35.2 Å². The number of aryl methyl sites for hydroxylation is 1. The quantitative estimate of drug-likeness (QED) is 0.180. The molecule has 0 bridgehead atoms. The van der Waals surface area contributed by atoms with Gasteiger partial charge in [0.05, 0.1) is 6.67 Å². The molecular formula is C31H32Cl2FN3O2. The Morgan fingerprint density at radius 3 is 2.59 bits per heavy atom. The smallest absolute Gasteiger partial charge is 0.265 e. The fourth-order valence-corrected chi connectivity index (χ4v) is 6.14. The number of allylic oxidation sites excluding steroid dienone is 1. The first kappa shape index (κ1) is 27.7. The fourth-order valence-electron chi connectivity index (χ4n) is 5.62. The lowest BCUT2D eigenvalue weighted by Crippen LogP contribution is -2.30. The first-order valence-electron chi connectivity index (χ1n) is 13.3. The van der Waals surface area contributed by atoms with Crippen LogP contribution < -0.4 is 16.0 Å². The molecule has 0 aromatic heterocycles. The highest BCUT2D eigenvalue weighted by molar-refractivity contribution is 6.36. The number of hydrazine groups is 1. The maximum atomic E-state index is 12.5. The number of nitrogen functional groups attached to an aromatic ring is 1. The van der Waals surface area contributed by atoms with Crippen LogP contribution in [0.2, 0.25) is 10.0 Å². The monoisotopic (exact) mass is 567 g/mol. The van der Waals surface area contributed by atoms with Gasteiger partial charge < -0.3 is 4.74 Å². The number of carbonyl (C=O) groups excluding carboxylic acids is 1. The summed E-state index contributed by atoms with van der Waals surface area (Å²) < 4.78 is 18.8. The summed E-state index contributed by atoms with van der Waals surface area (Å²) in [5.41, 5.74) is 9.12. The maximum absolute atomic E-state index is 12.5. The molecule has 3 N–H and O–H groups in total. The van der Waals surface area contributed by atoms with Gasteiger partial charge in [-0.25, -0.2) is 5.84 Å². The Balaban J connectivity index is 1.51. The second-order valence-corrected chi connectivity index (χ2v) is 10.9. The van der Waals surface area contributed by atoms with E-state index in [1.165, 1.54) is 0 Å². The van der Waals surface area contributed by atoms with E-state index in [1.54, 1.807) is 12.1 Å². The van der Waals surface area contributed by atoms with E-state index in [1.807, 2.05) is 36.4 Å². The van der Waals surface area contributed by atoms with Crippen LogP contribution in [0, 0.1) is 0 Å². The summed E-state index contributed by atoms with van der Waals surface area (Å²) in [6.45, 7) is 2.24. The molecule has 204 valence electrons. The third-order valence-corrected chi connectivity index (χ3v) is 8.03. The predicted molar refractivity (Wildman–Crippen MR) is 156 cm³/mol. The Hall–Kier alpha value is -2.90. The highest BCUT2D eigenvalue weighted by atomic mass is 35.5. The second-order valence-electron chi connectivity index (χ2n) is 10.1. The lowest BCUT2D eigenvalue weighted by Gasteiger charge is -2.19. The van der Waals surface area contributed by atoms with Gasteiger partial charge in [0.2, 0.25) is 0 Å². The molecule has 0 spiro atoms. The average molecular weight is 569 g/mol. The van der Waals surface area contributed by atoms with Crippen LogP contribution in [0.25, 0.3) is 11.1 Å². The first-order valence-corrected chi connectivity index (χ1v) is 14.1. The van der Waals surface area contributed by atoms with E-state index >= 15 is 0 Å². The molecule has 1 heterocycles. The van der Waals surface area contributed by atoms with Crippen LogP contribution >= 0.6 is 23.2 Å². The Morgan fingerprint density at radius 1 is 1.05 bits per heavy atom. The van der Waals surface area contributed by atoms with Crippen LogP contribution in [0.15, 0.2) is 60.7 Å². The van der Waals surface area contributed by atoms with E-state index in [0.717, 1.165) is 84.5 Å². The third kappa shape index (κ3) is 6.30. The number of halogens is 3. The number of rotatable bonds is 8. The van der Waals surface area contributed by atoms with Crippen LogP contribution in [0.4, 0.5) is 4.39 Å². The molecule has 8 heteroatoms. The molecule has 1 unspecified atom stereocenters. The zero-order valence-electron chi connectivity index (χ0n) is 21.7. The van der Waals surface area contributed by atoms with Gasteiger partial charge in [-0.1, -0.05) is 47.5 Å². The van der Waals surface area contributed by atoms with Crippen LogP contribution in [0.3, 0.4) is 0 Å². The molecule has 2 aliphatic rings. The minimum absolute atomic E-state index is 0.101. The molecule has 39 heavy (non-hydrogen) atoms. The molecule has 3 aromatic rings. The second kappa shape index (κ2) is 12.5. The summed E-state index contributed by atoms with van der Waals surface area (Å²) in [7, 11) is 0. The largest absolute Gasteiger partial charge is 0.489 e. The van der Waals surface area contributed by atoms with Crippen molar-refractivity contribution in [1.29, 1.82) is 0 Å². The van der Waals surface area contributed by atoms with Crippen molar-refractivity contribution in [1.82, 2.24) is 10.3 Å². The summed E-state index contributed by atoms with van der Waals surface area (Å²) in [6.07, 6.45) is 4.14. The van der Waals surface area contributed by atoms with Gasteiger partial charge in [-0.15, -0.1) is 0 Å². The lowest BCUT2D eigenvalue weighted by atomic mass is 9.87. The van der Waals surface area contributed by atoms with Crippen LogP contribution in [0.5, 0.6) is 5.75 Å². The molecule has 1 saturated heterocycles. The van der Waals surface area contributed by atoms with Gasteiger partial charge in [0.1, 0.15) is 11.9 Å². The molecule has 0 saturated carbocycles. The number of hydrogen-bond donors (Lipinski definition) is 2. The minimum Gasteiger partial charge on any atom is -0.489 e. The molecule has 3 aromatic carbocycles. The van der Waals surface area contributed by atoms with Gasteiger partial charge in [-0.3, -0.25) is 19.5 Å². The summed E-state index contributed by atoms with van der Waals surface area (Å²) in [5.74, 6) is 5.89. The van der Waals surface area contributed by atoms with Gasteiger partial charge in [0.15, 0.2) is 0 Å². The predicted octanol–water partition coefficient (Wildman–Crippen LogP) is 6.71. The Morgan fingerprint density at radius 2 is 1.85 bits per heavy atom. The number of carbonyl (C=O) groups is 1. The number of likely N-dealkylation sites (tertiary alicyclic amines) is 1. The molecule has 1 fully saturated rings. The molecule has 1 amide bonds. The number of nitrogens with two attached hydrogens (primary N) is 1. The molecule has 1 atom stereocenters. The summed E-state index contributed by atoms with van der Waals surface area (Å²) >= 11 is 12.9. The highest BCUT2D eigenvalue weighted by Crippen LogP contribution is 2.42. The van der Waals surface area contributed by atoms with Crippen molar-refractivity contribution in [2.45, 2.75) is 38.2 Å². The number of hydrogen-bond acceptors (Lipinski definition) is 4. The number of amides is 1. The standard InChI is InChI=1S/C31H32Cl2FN3O2/c32-23-8-12-27(29(33)18-23)28-4-1-3-21-17-22(31(38)36-35)7-11-26(21)30(28)20-5-9-24(10-6-20)39-25-13-16-37(19-25)15-2-14-34/h5-12,17-18,25H,1-4,13-16,19,35H2,(H,36,38). The van der Waals surface area contributed by atoms with Crippen molar-refractivity contribution in [2.75, 3.05) is 26.3 Å². The van der Waals surface area contributed by atoms with E-state index in [9.17, 15) is 9.18 Å². The molecule has 1 aliphatic carbocycles. The van der Waals surface area contributed by atoms with Crippen molar-refractivity contribution in [3.8, 4) is 5.75 Å². The lowest BCUT2D eigenvalue weighted by molar-refractivity contribution is 0.0953. The van der Waals surface area contributed by atoms with Crippen molar-refractivity contribution in [3.63, 3.8) is 0 Å². The van der Waals surface area contributed by atoms with Crippen molar-refractivity contribution in [3.05, 3.63) is 98.5 Å². The van der Waals surface area contributed by atoms with Crippen LogP contribution in [0.1, 0.15) is 58.3 Å². The third-order valence-electron chi connectivity index (χ3n) is 7.48.